The number of hydrogen-bond donors (Lipinski definition) is 4. The molecule has 0 saturated heterocycles. The van der Waals surface area contributed by atoms with Crippen molar-refractivity contribution in [2.45, 2.75) is 105 Å². The molecule has 198 valence electrons. The van der Waals surface area contributed by atoms with E-state index in [-0.39, 0.29) is 34.7 Å². The van der Waals surface area contributed by atoms with Crippen molar-refractivity contribution in [3.8, 4) is 0 Å². The van der Waals surface area contributed by atoms with E-state index >= 15 is 0 Å². The molecule has 4 saturated carbocycles. The summed E-state index contributed by atoms with van der Waals surface area (Å²) in [5, 5.41) is 42.9. The first-order valence-corrected chi connectivity index (χ1v) is 14.1. The van der Waals surface area contributed by atoms with Gasteiger partial charge in [-0.1, -0.05) is 53.2 Å². The van der Waals surface area contributed by atoms with Crippen LogP contribution in [-0.4, -0.2) is 45.2 Å². The first-order valence-electron chi connectivity index (χ1n) is 14.1. The highest BCUT2D eigenvalue weighted by atomic mass is 16.4. The summed E-state index contributed by atoms with van der Waals surface area (Å²) in [6.45, 7) is 13.6. The Morgan fingerprint density at radius 2 is 1.69 bits per heavy atom. The summed E-state index contributed by atoms with van der Waals surface area (Å²) < 4.78 is 0. The predicted molar refractivity (Wildman–Crippen MR) is 135 cm³/mol. The van der Waals surface area contributed by atoms with E-state index in [1.54, 1.807) is 0 Å². The van der Waals surface area contributed by atoms with E-state index in [4.69, 9.17) is 0 Å². The van der Waals surface area contributed by atoms with Crippen molar-refractivity contribution in [3.63, 3.8) is 0 Å². The Morgan fingerprint density at radius 1 is 1.00 bits per heavy atom. The number of aliphatic hydroxyl groups is 3. The molecule has 0 aromatic rings. The van der Waals surface area contributed by atoms with Gasteiger partial charge in [0.05, 0.1) is 24.2 Å². The number of carbonyl (C=O) groups is 1. The van der Waals surface area contributed by atoms with Crippen LogP contribution in [-0.2, 0) is 4.79 Å². The normalized spacial score (nSPS) is 57.7. The summed E-state index contributed by atoms with van der Waals surface area (Å²) in [5.41, 5.74) is -0.214. The van der Waals surface area contributed by atoms with Crippen molar-refractivity contribution in [1.82, 2.24) is 0 Å². The van der Waals surface area contributed by atoms with Gasteiger partial charge in [0.15, 0.2) is 0 Å². The second-order valence-electron chi connectivity index (χ2n) is 14.5. The van der Waals surface area contributed by atoms with Gasteiger partial charge in [0.2, 0.25) is 0 Å². The second kappa shape index (κ2) is 7.80. The molecule has 0 aromatic carbocycles. The molecule has 0 amide bonds. The predicted octanol–water partition coefficient (Wildman–Crippen LogP) is 5.03. The highest BCUT2D eigenvalue weighted by Gasteiger charge is 2.70. The van der Waals surface area contributed by atoms with Crippen LogP contribution in [0.5, 0.6) is 0 Å². The molecule has 0 heterocycles. The zero-order valence-electron chi connectivity index (χ0n) is 22.7. The summed E-state index contributed by atoms with van der Waals surface area (Å²) in [7, 11) is 0. The first-order chi connectivity index (χ1) is 16.2. The van der Waals surface area contributed by atoms with Crippen molar-refractivity contribution in [1.29, 1.82) is 0 Å². The number of fused-ring (bicyclic) bond motifs is 7. The lowest BCUT2D eigenvalue weighted by Gasteiger charge is -2.71. The minimum Gasteiger partial charge on any atom is -0.481 e. The lowest BCUT2D eigenvalue weighted by molar-refractivity contribution is -0.244. The van der Waals surface area contributed by atoms with Crippen LogP contribution in [0.4, 0.5) is 0 Å². The van der Waals surface area contributed by atoms with Gasteiger partial charge in [-0.25, -0.2) is 0 Å². The van der Waals surface area contributed by atoms with Crippen LogP contribution in [0.1, 0.15) is 92.9 Å². The molecule has 0 radical (unpaired) electrons. The highest BCUT2D eigenvalue weighted by molar-refractivity contribution is 5.76. The summed E-state index contributed by atoms with van der Waals surface area (Å²) in [4.78, 5) is 12.8. The van der Waals surface area contributed by atoms with Gasteiger partial charge in [-0.15, -0.1) is 0 Å². The maximum Gasteiger partial charge on any atom is 0.310 e. The zero-order valence-corrected chi connectivity index (χ0v) is 22.7. The molecule has 0 aliphatic heterocycles. The van der Waals surface area contributed by atoms with Crippen LogP contribution in [0, 0.1) is 56.7 Å². The van der Waals surface area contributed by atoms with E-state index in [1.165, 1.54) is 5.57 Å². The molecule has 0 aromatic heterocycles. The SMILES string of the molecule is C[C@H]1[C@H](C)CC[C@@]2(C(=O)O)CC[C@]3(C)C(=CC[C@H]4[C@@]5(C)C[C@@H](O)[C@H](O)[C@@](C)(CO)[C@@H]5CC[C@@]43C)[C@@H]12. The van der Waals surface area contributed by atoms with Crippen LogP contribution in [0.15, 0.2) is 11.6 Å². The second-order valence-corrected chi connectivity index (χ2v) is 14.5. The molecule has 5 aliphatic rings. The Morgan fingerprint density at radius 3 is 2.31 bits per heavy atom. The Kier molecular flexibility index (Phi) is 5.73. The Hall–Kier alpha value is -0.910. The lowest BCUT2D eigenvalue weighted by Crippen LogP contribution is -2.68. The summed E-state index contributed by atoms with van der Waals surface area (Å²) in [6.07, 6.45) is 7.51. The van der Waals surface area contributed by atoms with Gasteiger partial charge in [0.1, 0.15) is 0 Å². The average Bonchev–Trinajstić information content (AvgIpc) is 2.80. The molecule has 4 N–H and O–H groups in total. The van der Waals surface area contributed by atoms with Gasteiger partial charge in [0.25, 0.3) is 0 Å². The topological polar surface area (TPSA) is 98.0 Å². The van der Waals surface area contributed by atoms with Crippen molar-refractivity contribution < 1.29 is 25.2 Å². The molecular weight excluding hydrogens is 440 g/mol. The molecule has 4 fully saturated rings. The zero-order chi connectivity index (χ0) is 25.8. The summed E-state index contributed by atoms with van der Waals surface area (Å²) in [5.74, 6) is 0.828. The maximum absolute atomic E-state index is 12.8. The van der Waals surface area contributed by atoms with Gasteiger partial charge >= 0.3 is 5.97 Å². The Bertz CT molecular complexity index is 930. The van der Waals surface area contributed by atoms with E-state index in [0.29, 0.717) is 24.2 Å². The number of aliphatic carboxylic acids is 1. The van der Waals surface area contributed by atoms with Crippen LogP contribution in [0.2, 0.25) is 0 Å². The van der Waals surface area contributed by atoms with Gasteiger partial charge < -0.3 is 20.4 Å². The number of rotatable bonds is 2. The third kappa shape index (κ3) is 2.95. The van der Waals surface area contributed by atoms with Gasteiger partial charge in [-0.2, -0.15) is 0 Å². The van der Waals surface area contributed by atoms with Gasteiger partial charge in [-0.05, 0) is 97.2 Å². The number of carboxylic acids is 1. The van der Waals surface area contributed by atoms with E-state index in [1.807, 2.05) is 6.92 Å². The fraction of sp³-hybridized carbons (Fsp3) is 0.900. The van der Waals surface area contributed by atoms with Crippen molar-refractivity contribution in [2.24, 2.45) is 56.7 Å². The third-order valence-corrected chi connectivity index (χ3v) is 13.5. The van der Waals surface area contributed by atoms with Crippen LogP contribution in [0.25, 0.3) is 0 Å². The number of allylic oxidation sites excluding steroid dienone is 2. The lowest BCUT2D eigenvalue weighted by atomic mass is 9.33. The molecule has 5 heteroatoms. The van der Waals surface area contributed by atoms with Crippen molar-refractivity contribution in [3.05, 3.63) is 11.6 Å². The Balaban J connectivity index is 1.62. The minimum atomic E-state index is -0.907. The highest BCUT2D eigenvalue weighted by Crippen LogP contribution is 2.75. The van der Waals surface area contributed by atoms with E-state index in [0.717, 1.165) is 44.9 Å². The molecule has 5 rings (SSSR count). The van der Waals surface area contributed by atoms with Crippen molar-refractivity contribution in [2.75, 3.05) is 6.61 Å². The smallest absolute Gasteiger partial charge is 0.310 e. The molecule has 0 bridgehead atoms. The number of aliphatic hydroxyl groups excluding tert-OH is 3. The quantitative estimate of drug-likeness (QED) is 0.409. The largest absolute Gasteiger partial charge is 0.481 e. The molecule has 5 nitrogen and oxygen atoms in total. The third-order valence-electron chi connectivity index (χ3n) is 13.5. The molecule has 0 unspecified atom stereocenters. The van der Waals surface area contributed by atoms with E-state index in [2.05, 4.69) is 40.7 Å². The molecule has 0 spiro atoms. The Labute approximate surface area is 211 Å². The maximum atomic E-state index is 12.8. The van der Waals surface area contributed by atoms with Gasteiger partial charge in [-0.3, -0.25) is 4.79 Å². The summed E-state index contributed by atoms with van der Waals surface area (Å²) >= 11 is 0. The number of carboxylic acid groups (broad SMARTS) is 1. The van der Waals surface area contributed by atoms with Crippen LogP contribution in [0.3, 0.4) is 0 Å². The van der Waals surface area contributed by atoms with E-state index in [9.17, 15) is 25.2 Å². The minimum absolute atomic E-state index is 0.00815. The standard InChI is InChI=1S/C30H48O5/c1-17-9-12-30(25(34)35)14-13-28(5)19(23(30)18(17)2)7-8-22-26(3)15-20(32)24(33)27(4,16-31)21(26)10-11-29(22,28)6/h7,17-18,20-24,31-33H,8-16H2,1-6H3,(H,34,35)/t17-,18+,20-,21-,22+,23-,24+,26+,27+,28-,29+,30-/m1/s1. The fourth-order valence-corrected chi connectivity index (χ4v) is 11.0. The molecule has 5 aliphatic carbocycles. The van der Waals surface area contributed by atoms with Crippen LogP contribution < -0.4 is 0 Å². The van der Waals surface area contributed by atoms with Crippen LogP contribution >= 0.6 is 0 Å². The molecule has 12 atom stereocenters. The summed E-state index contributed by atoms with van der Waals surface area (Å²) in [6, 6.07) is 0. The monoisotopic (exact) mass is 488 g/mol. The molecule has 35 heavy (non-hydrogen) atoms. The first kappa shape index (κ1) is 25.7. The average molecular weight is 489 g/mol. The van der Waals surface area contributed by atoms with Gasteiger partial charge in [0, 0.05) is 5.41 Å². The molecular formula is C30H48O5. The fourth-order valence-electron chi connectivity index (χ4n) is 11.0. The number of hydrogen-bond acceptors (Lipinski definition) is 4. The van der Waals surface area contributed by atoms with E-state index < -0.39 is 29.0 Å². The van der Waals surface area contributed by atoms with Crippen molar-refractivity contribution >= 4 is 5.97 Å².